The van der Waals surface area contributed by atoms with E-state index in [1.807, 2.05) is 18.4 Å². The number of rotatable bonds is 1. The first kappa shape index (κ1) is 8.51. The fourth-order valence-electron chi connectivity index (χ4n) is 1.62. The van der Waals surface area contributed by atoms with Gasteiger partial charge in [-0.25, -0.2) is 0 Å². The van der Waals surface area contributed by atoms with Gasteiger partial charge >= 0.3 is 0 Å². The smallest absolute Gasteiger partial charge is 0.0834 e. The largest absolute Gasteiger partial charge is 0.397 e. The molecule has 0 amide bonds. The van der Waals surface area contributed by atoms with Crippen LogP contribution in [0.3, 0.4) is 0 Å². The molecule has 0 unspecified atom stereocenters. The number of thiophene rings is 1. The van der Waals surface area contributed by atoms with E-state index in [0.717, 1.165) is 28.0 Å². The summed E-state index contributed by atoms with van der Waals surface area (Å²) in [6.07, 6.45) is 0.957. The Morgan fingerprint density at radius 2 is 2.31 bits per heavy atom. The van der Waals surface area contributed by atoms with Gasteiger partial charge in [-0.05, 0) is 30.4 Å². The van der Waals surface area contributed by atoms with Crippen molar-refractivity contribution in [3.63, 3.8) is 0 Å². The summed E-state index contributed by atoms with van der Waals surface area (Å²) in [4.78, 5) is 4.50. The molecule has 68 valence electrons. The van der Waals surface area contributed by atoms with Crippen molar-refractivity contribution in [1.29, 1.82) is 0 Å². The highest BCUT2D eigenvalue weighted by molar-refractivity contribution is 7.17. The molecule has 0 saturated carbocycles. The van der Waals surface area contributed by atoms with Crippen molar-refractivity contribution in [3.8, 4) is 0 Å². The molecule has 2 aromatic heterocycles. The Kier molecular flexibility index (Phi) is 1.96. The van der Waals surface area contributed by atoms with E-state index in [2.05, 4.69) is 11.9 Å². The summed E-state index contributed by atoms with van der Waals surface area (Å²) >= 11 is 1.66. The predicted octanol–water partition coefficient (Wildman–Crippen LogP) is 2.75. The van der Waals surface area contributed by atoms with Gasteiger partial charge in [0.25, 0.3) is 0 Å². The summed E-state index contributed by atoms with van der Waals surface area (Å²) in [6, 6.07) is 2.02. The summed E-state index contributed by atoms with van der Waals surface area (Å²) in [6.45, 7) is 4.13. The molecule has 0 saturated heterocycles. The Hall–Kier alpha value is -1.09. The van der Waals surface area contributed by atoms with Crippen LogP contribution in [-0.2, 0) is 6.42 Å². The van der Waals surface area contributed by atoms with Crippen molar-refractivity contribution in [2.24, 2.45) is 0 Å². The fourth-order valence-corrected chi connectivity index (χ4v) is 2.44. The molecule has 0 aromatic carbocycles. The first-order valence-electron chi connectivity index (χ1n) is 4.36. The zero-order chi connectivity index (χ0) is 9.42. The van der Waals surface area contributed by atoms with Crippen LogP contribution in [0.5, 0.6) is 0 Å². The van der Waals surface area contributed by atoms with Crippen molar-refractivity contribution >= 4 is 27.2 Å². The lowest BCUT2D eigenvalue weighted by Crippen LogP contribution is -1.98. The quantitative estimate of drug-likeness (QED) is 0.754. The van der Waals surface area contributed by atoms with Gasteiger partial charge in [-0.3, -0.25) is 4.98 Å². The van der Waals surface area contributed by atoms with Crippen molar-refractivity contribution < 1.29 is 0 Å². The van der Waals surface area contributed by atoms with Gasteiger partial charge in [0.2, 0.25) is 0 Å². The third-order valence-corrected chi connectivity index (χ3v) is 3.23. The van der Waals surface area contributed by atoms with Gasteiger partial charge in [-0.1, -0.05) is 6.92 Å². The van der Waals surface area contributed by atoms with Crippen molar-refractivity contribution in [2.45, 2.75) is 20.3 Å². The van der Waals surface area contributed by atoms with Crippen LogP contribution >= 0.6 is 11.3 Å². The molecule has 0 aliphatic rings. The van der Waals surface area contributed by atoms with Crippen molar-refractivity contribution in [2.75, 3.05) is 5.73 Å². The van der Waals surface area contributed by atoms with E-state index in [1.54, 1.807) is 11.3 Å². The monoisotopic (exact) mass is 192 g/mol. The van der Waals surface area contributed by atoms with Gasteiger partial charge in [0, 0.05) is 5.69 Å². The van der Waals surface area contributed by atoms with Crippen LogP contribution in [0, 0.1) is 6.92 Å². The number of nitrogens with two attached hydrogens (primary N) is 1. The van der Waals surface area contributed by atoms with Crippen LogP contribution in [0.4, 0.5) is 5.69 Å². The minimum atomic E-state index is 0.917. The summed E-state index contributed by atoms with van der Waals surface area (Å²) in [5, 5.41) is 2.03. The van der Waals surface area contributed by atoms with Gasteiger partial charge < -0.3 is 5.73 Å². The summed E-state index contributed by atoms with van der Waals surface area (Å²) in [7, 11) is 0. The number of aromatic nitrogens is 1. The maximum Gasteiger partial charge on any atom is 0.0834 e. The standard InChI is InChI=1S/C10H12N2S/c1-3-7-6(2)12-8-4-5-13-10(8)9(7)11/h4-5H,3H2,1-2H3,(H2,11,12). The molecule has 0 spiro atoms. The second-order valence-corrected chi connectivity index (χ2v) is 3.99. The Morgan fingerprint density at radius 3 is 3.00 bits per heavy atom. The maximum atomic E-state index is 6.05. The number of aryl methyl sites for hydroxylation is 1. The first-order valence-corrected chi connectivity index (χ1v) is 5.24. The van der Waals surface area contributed by atoms with E-state index in [4.69, 9.17) is 5.73 Å². The zero-order valence-electron chi connectivity index (χ0n) is 7.79. The minimum absolute atomic E-state index is 0.917. The van der Waals surface area contributed by atoms with Gasteiger partial charge in [0.1, 0.15) is 0 Å². The Balaban J connectivity index is 2.85. The van der Waals surface area contributed by atoms with E-state index in [1.165, 1.54) is 5.56 Å². The molecular weight excluding hydrogens is 180 g/mol. The van der Waals surface area contributed by atoms with Crippen LogP contribution in [-0.4, -0.2) is 4.98 Å². The lowest BCUT2D eigenvalue weighted by Gasteiger charge is -2.06. The van der Waals surface area contributed by atoms with E-state index in [9.17, 15) is 0 Å². The third kappa shape index (κ3) is 1.20. The predicted molar refractivity (Wildman–Crippen MR) is 58.1 cm³/mol. The number of fused-ring (bicyclic) bond motifs is 1. The van der Waals surface area contributed by atoms with Crippen molar-refractivity contribution in [1.82, 2.24) is 4.98 Å². The Labute approximate surface area is 81.4 Å². The average Bonchev–Trinajstić information content (AvgIpc) is 2.53. The second-order valence-electron chi connectivity index (χ2n) is 3.08. The molecule has 0 aliphatic heterocycles. The third-order valence-electron chi connectivity index (χ3n) is 2.29. The van der Waals surface area contributed by atoms with Crippen LogP contribution in [0.2, 0.25) is 0 Å². The van der Waals surface area contributed by atoms with Gasteiger partial charge in [0.05, 0.1) is 15.9 Å². The van der Waals surface area contributed by atoms with Gasteiger partial charge in [0.15, 0.2) is 0 Å². The molecule has 13 heavy (non-hydrogen) atoms. The average molecular weight is 192 g/mol. The lowest BCUT2D eigenvalue weighted by atomic mass is 10.1. The number of nitrogens with zero attached hydrogens (tertiary/aromatic N) is 1. The van der Waals surface area contributed by atoms with Crippen molar-refractivity contribution in [3.05, 3.63) is 22.7 Å². The van der Waals surface area contributed by atoms with Crippen LogP contribution in [0.1, 0.15) is 18.2 Å². The van der Waals surface area contributed by atoms with Crippen LogP contribution < -0.4 is 5.73 Å². The number of hydrogen-bond donors (Lipinski definition) is 1. The zero-order valence-corrected chi connectivity index (χ0v) is 8.61. The molecule has 2 heterocycles. The topological polar surface area (TPSA) is 38.9 Å². The second kappa shape index (κ2) is 3.00. The summed E-state index contributed by atoms with van der Waals surface area (Å²) in [5.41, 5.74) is 10.2. The molecule has 0 aliphatic carbocycles. The first-order chi connectivity index (χ1) is 6.24. The molecule has 0 radical (unpaired) electrons. The summed E-state index contributed by atoms with van der Waals surface area (Å²) < 4.78 is 1.13. The molecule has 3 heteroatoms. The number of nitrogen functional groups attached to an aromatic ring is 1. The van der Waals surface area contributed by atoms with Gasteiger partial charge in [-0.2, -0.15) is 0 Å². The molecule has 0 fully saturated rings. The van der Waals surface area contributed by atoms with Crippen LogP contribution in [0.25, 0.3) is 10.2 Å². The Morgan fingerprint density at radius 1 is 1.54 bits per heavy atom. The molecule has 0 bridgehead atoms. The normalized spacial score (nSPS) is 10.9. The number of hydrogen-bond acceptors (Lipinski definition) is 3. The molecule has 2 nitrogen and oxygen atoms in total. The van der Waals surface area contributed by atoms with Gasteiger partial charge in [-0.15, -0.1) is 11.3 Å². The molecular formula is C10H12N2S. The fraction of sp³-hybridized carbons (Fsp3) is 0.300. The van der Waals surface area contributed by atoms with E-state index in [0.29, 0.717) is 0 Å². The number of anilines is 1. The molecule has 2 aromatic rings. The molecule has 2 N–H and O–H groups in total. The SMILES string of the molecule is CCc1c(C)nc2ccsc2c1N. The maximum absolute atomic E-state index is 6.05. The highest BCUT2D eigenvalue weighted by Gasteiger charge is 2.08. The van der Waals surface area contributed by atoms with E-state index >= 15 is 0 Å². The number of pyridine rings is 1. The van der Waals surface area contributed by atoms with E-state index in [-0.39, 0.29) is 0 Å². The van der Waals surface area contributed by atoms with Crippen LogP contribution in [0.15, 0.2) is 11.4 Å². The highest BCUT2D eigenvalue weighted by Crippen LogP contribution is 2.29. The Bertz CT molecular complexity index is 445. The van der Waals surface area contributed by atoms with E-state index < -0.39 is 0 Å². The lowest BCUT2D eigenvalue weighted by molar-refractivity contribution is 1.07. The molecule has 2 rings (SSSR count). The highest BCUT2D eigenvalue weighted by atomic mass is 32.1. The minimum Gasteiger partial charge on any atom is -0.397 e. The molecule has 0 atom stereocenters. The summed E-state index contributed by atoms with van der Waals surface area (Å²) in [5.74, 6) is 0.